The Morgan fingerprint density at radius 1 is 1.47 bits per heavy atom. The van der Waals surface area contributed by atoms with E-state index in [4.69, 9.17) is 16.7 Å². The van der Waals surface area contributed by atoms with Crippen LogP contribution in [-0.2, 0) is 4.79 Å². The maximum absolute atomic E-state index is 12.9. The molecule has 15 heavy (non-hydrogen) atoms. The number of hydrogen-bond donors (Lipinski definition) is 2. The molecule has 0 radical (unpaired) electrons. The summed E-state index contributed by atoms with van der Waals surface area (Å²) in [6, 6.07) is 3.49. The van der Waals surface area contributed by atoms with Gasteiger partial charge in [-0.1, -0.05) is 11.6 Å². The summed E-state index contributed by atoms with van der Waals surface area (Å²) < 4.78 is 12.9. The van der Waals surface area contributed by atoms with E-state index in [1.54, 1.807) is 0 Å². The van der Waals surface area contributed by atoms with Crippen LogP contribution >= 0.6 is 11.6 Å². The van der Waals surface area contributed by atoms with Crippen LogP contribution < -0.4 is 0 Å². The van der Waals surface area contributed by atoms with Crippen molar-refractivity contribution >= 4 is 17.6 Å². The molecule has 1 aromatic carbocycles. The molecule has 82 valence electrons. The van der Waals surface area contributed by atoms with Gasteiger partial charge in [-0.05, 0) is 30.7 Å². The lowest BCUT2D eigenvalue weighted by Crippen LogP contribution is -2.18. The van der Waals surface area contributed by atoms with Crippen molar-refractivity contribution in [1.82, 2.24) is 0 Å². The van der Waals surface area contributed by atoms with Crippen molar-refractivity contribution in [2.75, 3.05) is 0 Å². The molecular weight excluding hydrogens is 223 g/mol. The van der Waals surface area contributed by atoms with Crippen LogP contribution in [0.2, 0.25) is 5.02 Å². The molecule has 3 nitrogen and oxygen atoms in total. The fourth-order valence-electron chi connectivity index (χ4n) is 1.17. The van der Waals surface area contributed by atoms with Crippen LogP contribution in [0.3, 0.4) is 0 Å². The molecule has 0 saturated heterocycles. The van der Waals surface area contributed by atoms with E-state index in [1.165, 1.54) is 13.0 Å². The predicted octanol–water partition coefficient (Wildman–Crippen LogP) is 2.23. The van der Waals surface area contributed by atoms with Gasteiger partial charge in [0.15, 0.2) is 0 Å². The number of carbonyl (C=O) groups is 1. The van der Waals surface area contributed by atoms with E-state index in [9.17, 15) is 14.3 Å². The number of hydrogen-bond acceptors (Lipinski definition) is 2. The molecule has 0 fully saturated rings. The second-order valence-corrected chi connectivity index (χ2v) is 3.71. The molecule has 1 rings (SSSR count). The number of aliphatic hydroxyl groups is 1. The molecule has 1 aromatic rings. The van der Waals surface area contributed by atoms with Crippen LogP contribution in [0.15, 0.2) is 18.2 Å². The Balaban J connectivity index is 3.00. The minimum Gasteiger partial charge on any atom is -0.481 e. The molecule has 0 heterocycles. The Bertz CT molecular complexity index is 361. The highest BCUT2D eigenvalue weighted by molar-refractivity contribution is 6.30. The summed E-state index contributed by atoms with van der Waals surface area (Å²) >= 11 is 5.58. The molecule has 5 heteroatoms. The lowest BCUT2D eigenvalue weighted by atomic mass is 9.97. The molecule has 0 amide bonds. The average Bonchev–Trinajstić information content (AvgIpc) is 2.13. The van der Waals surface area contributed by atoms with Gasteiger partial charge in [-0.15, -0.1) is 0 Å². The first-order chi connectivity index (χ1) is 6.91. The summed E-state index contributed by atoms with van der Waals surface area (Å²) in [7, 11) is 0. The quantitative estimate of drug-likeness (QED) is 0.840. The van der Waals surface area contributed by atoms with Crippen LogP contribution in [0.5, 0.6) is 0 Å². The van der Waals surface area contributed by atoms with E-state index < -0.39 is 23.8 Å². The molecule has 2 atom stereocenters. The maximum atomic E-state index is 12.9. The second kappa shape index (κ2) is 4.59. The van der Waals surface area contributed by atoms with Gasteiger partial charge in [-0.2, -0.15) is 0 Å². The van der Waals surface area contributed by atoms with Gasteiger partial charge < -0.3 is 10.2 Å². The molecule has 2 N–H and O–H groups in total. The van der Waals surface area contributed by atoms with Gasteiger partial charge in [0.2, 0.25) is 0 Å². The number of aliphatic carboxylic acids is 1. The van der Waals surface area contributed by atoms with Crippen LogP contribution in [0, 0.1) is 11.7 Å². The van der Waals surface area contributed by atoms with E-state index in [2.05, 4.69) is 0 Å². The minimum atomic E-state index is -1.27. The van der Waals surface area contributed by atoms with Crippen LogP contribution in [0.1, 0.15) is 18.6 Å². The van der Waals surface area contributed by atoms with Gasteiger partial charge in [0.05, 0.1) is 12.0 Å². The highest BCUT2D eigenvalue weighted by Crippen LogP contribution is 2.25. The predicted molar refractivity (Wildman–Crippen MR) is 53.2 cm³/mol. The van der Waals surface area contributed by atoms with E-state index in [-0.39, 0.29) is 10.6 Å². The number of rotatable bonds is 3. The maximum Gasteiger partial charge on any atom is 0.309 e. The molecule has 0 bridgehead atoms. The van der Waals surface area contributed by atoms with Crippen molar-refractivity contribution in [3.63, 3.8) is 0 Å². The van der Waals surface area contributed by atoms with Crippen LogP contribution in [0.4, 0.5) is 4.39 Å². The number of halogens is 2. The first-order valence-corrected chi connectivity index (χ1v) is 4.66. The summed E-state index contributed by atoms with van der Waals surface area (Å²) in [6.45, 7) is 1.34. The van der Waals surface area contributed by atoms with Gasteiger partial charge in [-0.3, -0.25) is 4.79 Å². The van der Waals surface area contributed by atoms with Gasteiger partial charge in [0.1, 0.15) is 5.82 Å². The molecule has 0 aliphatic carbocycles. The lowest BCUT2D eigenvalue weighted by Gasteiger charge is -2.15. The summed E-state index contributed by atoms with van der Waals surface area (Å²) in [4.78, 5) is 10.6. The van der Waals surface area contributed by atoms with E-state index in [0.29, 0.717) is 0 Å². The van der Waals surface area contributed by atoms with E-state index in [0.717, 1.165) is 12.1 Å². The average molecular weight is 233 g/mol. The van der Waals surface area contributed by atoms with Crippen molar-refractivity contribution in [1.29, 1.82) is 0 Å². The van der Waals surface area contributed by atoms with Gasteiger partial charge >= 0.3 is 5.97 Å². The van der Waals surface area contributed by atoms with Crippen LogP contribution in [0.25, 0.3) is 0 Å². The summed E-state index contributed by atoms with van der Waals surface area (Å²) in [5.74, 6) is -2.76. The standard InChI is InChI=1S/C10H10ClFO3/c1-5(10(14)15)9(13)6-2-7(11)4-8(12)3-6/h2-5,9,13H,1H3,(H,14,15). The molecule has 0 aromatic heterocycles. The SMILES string of the molecule is CC(C(=O)O)C(O)c1cc(F)cc(Cl)c1. The zero-order valence-electron chi connectivity index (χ0n) is 7.95. The van der Waals surface area contributed by atoms with Crippen molar-refractivity contribution in [2.45, 2.75) is 13.0 Å². The zero-order chi connectivity index (χ0) is 11.6. The van der Waals surface area contributed by atoms with Crippen molar-refractivity contribution < 1.29 is 19.4 Å². The Morgan fingerprint density at radius 2 is 2.07 bits per heavy atom. The fraction of sp³-hybridized carbons (Fsp3) is 0.300. The summed E-state index contributed by atoms with van der Waals surface area (Å²) in [5, 5.41) is 18.4. The van der Waals surface area contributed by atoms with Crippen molar-refractivity contribution in [3.05, 3.63) is 34.6 Å². The minimum absolute atomic E-state index is 0.127. The fourth-order valence-corrected chi connectivity index (χ4v) is 1.40. The first-order valence-electron chi connectivity index (χ1n) is 4.28. The van der Waals surface area contributed by atoms with Gasteiger partial charge in [-0.25, -0.2) is 4.39 Å². The second-order valence-electron chi connectivity index (χ2n) is 3.27. The Kier molecular flexibility index (Phi) is 3.66. The largest absolute Gasteiger partial charge is 0.481 e. The number of benzene rings is 1. The van der Waals surface area contributed by atoms with E-state index >= 15 is 0 Å². The van der Waals surface area contributed by atoms with Crippen molar-refractivity contribution in [2.24, 2.45) is 5.92 Å². The third-order valence-corrected chi connectivity index (χ3v) is 2.31. The van der Waals surface area contributed by atoms with Gasteiger partial charge in [0, 0.05) is 5.02 Å². The number of carboxylic acids is 1. The highest BCUT2D eigenvalue weighted by Gasteiger charge is 2.23. The Labute approximate surface area is 91.1 Å². The first kappa shape index (κ1) is 11.9. The monoisotopic (exact) mass is 232 g/mol. The lowest BCUT2D eigenvalue weighted by molar-refractivity contribution is -0.145. The molecule has 0 saturated carbocycles. The zero-order valence-corrected chi connectivity index (χ0v) is 8.70. The number of aliphatic hydroxyl groups excluding tert-OH is 1. The molecule has 0 aliphatic heterocycles. The molecule has 0 aliphatic rings. The highest BCUT2D eigenvalue weighted by atomic mass is 35.5. The normalized spacial score (nSPS) is 14.7. The Hall–Kier alpha value is -1.13. The molecule has 2 unspecified atom stereocenters. The topological polar surface area (TPSA) is 57.5 Å². The molecular formula is C10H10ClFO3. The third kappa shape index (κ3) is 2.91. The molecule has 0 spiro atoms. The Morgan fingerprint density at radius 3 is 2.53 bits per heavy atom. The van der Waals surface area contributed by atoms with Crippen LogP contribution in [-0.4, -0.2) is 16.2 Å². The van der Waals surface area contributed by atoms with Crippen molar-refractivity contribution in [3.8, 4) is 0 Å². The van der Waals surface area contributed by atoms with E-state index in [1.807, 2.05) is 0 Å². The third-order valence-electron chi connectivity index (χ3n) is 2.09. The number of carboxylic acid groups (broad SMARTS) is 1. The summed E-state index contributed by atoms with van der Waals surface area (Å²) in [6.07, 6.45) is -1.27. The summed E-state index contributed by atoms with van der Waals surface area (Å²) in [5.41, 5.74) is 0.162. The van der Waals surface area contributed by atoms with Gasteiger partial charge in [0.25, 0.3) is 0 Å². The smallest absolute Gasteiger partial charge is 0.309 e.